The maximum atomic E-state index is 13.6. The molecule has 0 aliphatic carbocycles. The molecule has 1 N–H and O–H groups in total. The molecule has 0 saturated carbocycles. The van der Waals surface area contributed by atoms with Crippen LogP contribution >= 0.6 is 27.5 Å². The minimum Gasteiger partial charge on any atom is -0.379 e. The zero-order valence-electron chi connectivity index (χ0n) is 10.1. The molecule has 0 amide bonds. The van der Waals surface area contributed by atoms with Gasteiger partial charge in [-0.25, -0.2) is 4.39 Å². The smallest absolute Gasteiger partial charge is 0.269 e. The molecule has 104 valence electrons. The van der Waals surface area contributed by atoms with E-state index >= 15 is 0 Å². The van der Waals surface area contributed by atoms with E-state index in [4.69, 9.17) is 11.6 Å². The maximum Gasteiger partial charge on any atom is 0.269 e. The van der Waals surface area contributed by atoms with Gasteiger partial charge >= 0.3 is 0 Å². The van der Waals surface area contributed by atoms with Crippen LogP contribution in [0.2, 0.25) is 5.02 Å². The van der Waals surface area contributed by atoms with Crippen molar-refractivity contribution in [1.29, 1.82) is 0 Å². The normalized spacial score (nSPS) is 10.3. The van der Waals surface area contributed by atoms with Gasteiger partial charge in [0.05, 0.1) is 10.6 Å². The second kappa shape index (κ2) is 6.19. The molecule has 0 aliphatic heterocycles. The summed E-state index contributed by atoms with van der Waals surface area (Å²) < 4.78 is 14.3. The molecule has 4 nitrogen and oxygen atoms in total. The van der Waals surface area contributed by atoms with E-state index in [1.807, 2.05) is 0 Å². The molecule has 7 heteroatoms. The molecule has 2 rings (SSSR count). The van der Waals surface area contributed by atoms with Crippen LogP contribution in [0, 0.1) is 15.9 Å². The number of rotatable bonds is 4. The molecule has 0 radical (unpaired) electrons. The summed E-state index contributed by atoms with van der Waals surface area (Å²) in [6.45, 7) is 0.194. The summed E-state index contributed by atoms with van der Waals surface area (Å²) in [4.78, 5) is 10.2. The van der Waals surface area contributed by atoms with Crippen molar-refractivity contribution >= 4 is 38.9 Å². The molecule has 0 aliphatic rings. The highest BCUT2D eigenvalue weighted by atomic mass is 79.9. The lowest BCUT2D eigenvalue weighted by molar-refractivity contribution is -0.384. The van der Waals surface area contributed by atoms with Crippen molar-refractivity contribution in [2.45, 2.75) is 6.54 Å². The SMILES string of the molecule is O=[N+]([O-])c1ccc(Cl)c(CNc2ccc(Br)cc2F)c1. The first-order chi connectivity index (χ1) is 9.47. The van der Waals surface area contributed by atoms with Crippen molar-refractivity contribution in [2.24, 2.45) is 0 Å². The molecule has 0 heterocycles. The van der Waals surface area contributed by atoms with Crippen molar-refractivity contribution in [2.75, 3.05) is 5.32 Å². The number of nitro groups is 1. The maximum absolute atomic E-state index is 13.6. The number of hydrogen-bond donors (Lipinski definition) is 1. The van der Waals surface area contributed by atoms with E-state index < -0.39 is 10.7 Å². The number of benzene rings is 2. The van der Waals surface area contributed by atoms with Crippen molar-refractivity contribution in [3.63, 3.8) is 0 Å². The van der Waals surface area contributed by atoms with Crippen molar-refractivity contribution in [3.05, 3.63) is 67.4 Å². The Morgan fingerprint density at radius 1 is 1.30 bits per heavy atom. The first-order valence-corrected chi connectivity index (χ1v) is 6.76. The topological polar surface area (TPSA) is 55.2 Å². The Morgan fingerprint density at radius 3 is 2.70 bits per heavy atom. The first-order valence-electron chi connectivity index (χ1n) is 5.59. The number of nitrogens with zero attached hydrogens (tertiary/aromatic N) is 1. The number of hydrogen-bond acceptors (Lipinski definition) is 3. The van der Waals surface area contributed by atoms with Crippen LogP contribution in [-0.2, 0) is 6.54 Å². The van der Waals surface area contributed by atoms with E-state index in [0.29, 0.717) is 20.7 Å². The summed E-state index contributed by atoms with van der Waals surface area (Å²) >= 11 is 9.13. The Hall–Kier alpha value is -1.66. The summed E-state index contributed by atoms with van der Waals surface area (Å²) in [5.74, 6) is -0.416. The van der Waals surface area contributed by atoms with Crippen molar-refractivity contribution < 1.29 is 9.31 Å². The Morgan fingerprint density at radius 2 is 2.05 bits per heavy atom. The lowest BCUT2D eigenvalue weighted by Gasteiger charge is -2.09. The van der Waals surface area contributed by atoms with Gasteiger partial charge in [-0.15, -0.1) is 0 Å². The summed E-state index contributed by atoms with van der Waals surface area (Å²) in [5, 5.41) is 14.0. The molecule has 0 spiro atoms. The van der Waals surface area contributed by atoms with E-state index in [1.165, 1.54) is 24.3 Å². The van der Waals surface area contributed by atoms with Gasteiger partial charge in [-0.3, -0.25) is 10.1 Å². The molecule has 0 aromatic heterocycles. The van der Waals surface area contributed by atoms with Crippen LogP contribution in [0.3, 0.4) is 0 Å². The molecule has 0 fully saturated rings. The van der Waals surface area contributed by atoms with Gasteiger partial charge < -0.3 is 5.32 Å². The number of non-ortho nitro benzene ring substituents is 1. The third kappa shape index (κ3) is 3.46. The van der Waals surface area contributed by atoms with Crippen LogP contribution in [0.4, 0.5) is 15.8 Å². The van der Waals surface area contributed by atoms with Gasteiger partial charge in [-0.05, 0) is 29.8 Å². The fourth-order valence-electron chi connectivity index (χ4n) is 1.63. The van der Waals surface area contributed by atoms with Crippen molar-refractivity contribution in [3.8, 4) is 0 Å². The van der Waals surface area contributed by atoms with Crippen LogP contribution in [0.15, 0.2) is 40.9 Å². The molecule has 20 heavy (non-hydrogen) atoms. The fraction of sp³-hybridized carbons (Fsp3) is 0.0769. The largest absolute Gasteiger partial charge is 0.379 e. The number of nitrogens with one attached hydrogen (secondary N) is 1. The molecular formula is C13H9BrClFN2O2. The molecule has 0 saturated heterocycles. The first kappa shape index (κ1) is 14.7. The van der Waals surface area contributed by atoms with Gasteiger partial charge in [0.25, 0.3) is 5.69 Å². The second-order valence-electron chi connectivity index (χ2n) is 4.01. The molecule has 0 unspecified atom stereocenters. The van der Waals surface area contributed by atoms with E-state index in [-0.39, 0.29) is 12.2 Å². The van der Waals surface area contributed by atoms with Gasteiger partial charge in [0, 0.05) is 28.2 Å². The summed E-state index contributed by atoms with van der Waals surface area (Å²) in [7, 11) is 0. The van der Waals surface area contributed by atoms with Gasteiger partial charge in [0.15, 0.2) is 0 Å². The lowest BCUT2D eigenvalue weighted by atomic mass is 10.2. The third-order valence-electron chi connectivity index (χ3n) is 2.64. The van der Waals surface area contributed by atoms with E-state index in [9.17, 15) is 14.5 Å². The highest BCUT2D eigenvalue weighted by molar-refractivity contribution is 9.10. The van der Waals surface area contributed by atoms with E-state index in [1.54, 1.807) is 12.1 Å². The summed E-state index contributed by atoms with van der Waals surface area (Å²) in [6, 6.07) is 8.75. The average Bonchev–Trinajstić information content (AvgIpc) is 2.39. The Balaban J connectivity index is 2.18. The second-order valence-corrected chi connectivity index (χ2v) is 5.33. The monoisotopic (exact) mass is 358 g/mol. The third-order valence-corrected chi connectivity index (χ3v) is 3.50. The molecule has 0 bridgehead atoms. The lowest BCUT2D eigenvalue weighted by Crippen LogP contribution is -2.02. The molecular weight excluding hydrogens is 351 g/mol. The van der Waals surface area contributed by atoms with Crippen molar-refractivity contribution in [1.82, 2.24) is 0 Å². The number of nitro benzene ring substituents is 1. The number of anilines is 1. The number of halogens is 3. The zero-order valence-corrected chi connectivity index (χ0v) is 12.4. The van der Waals surface area contributed by atoms with Crippen LogP contribution in [0.25, 0.3) is 0 Å². The highest BCUT2D eigenvalue weighted by Gasteiger charge is 2.10. The van der Waals surface area contributed by atoms with Gasteiger partial charge in [-0.1, -0.05) is 27.5 Å². The Bertz CT molecular complexity index is 667. The van der Waals surface area contributed by atoms with E-state index in [0.717, 1.165) is 0 Å². The van der Waals surface area contributed by atoms with E-state index in [2.05, 4.69) is 21.2 Å². The predicted octanol–water partition coefficient (Wildman–Crippen LogP) is 4.76. The van der Waals surface area contributed by atoms with Gasteiger partial charge in [0.1, 0.15) is 5.82 Å². The standard InChI is InChI=1S/C13H9BrClFN2O2/c14-9-1-4-13(12(16)6-9)17-7-8-5-10(18(19)20)2-3-11(8)15/h1-6,17H,7H2. The summed E-state index contributed by atoms with van der Waals surface area (Å²) in [6.07, 6.45) is 0. The summed E-state index contributed by atoms with van der Waals surface area (Å²) in [5.41, 5.74) is 0.779. The molecule has 0 atom stereocenters. The van der Waals surface area contributed by atoms with Gasteiger partial charge in [-0.2, -0.15) is 0 Å². The Kier molecular flexibility index (Phi) is 4.57. The average molecular weight is 360 g/mol. The minimum atomic E-state index is -0.500. The fourth-order valence-corrected chi connectivity index (χ4v) is 2.15. The Labute approximate surface area is 127 Å². The van der Waals surface area contributed by atoms with Crippen LogP contribution in [-0.4, -0.2) is 4.92 Å². The minimum absolute atomic E-state index is 0.0533. The molecule has 2 aromatic rings. The zero-order chi connectivity index (χ0) is 14.7. The van der Waals surface area contributed by atoms with Gasteiger partial charge in [0.2, 0.25) is 0 Å². The van der Waals surface area contributed by atoms with Crippen LogP contribution in [0.1, 0.15) is 5.56 Å². The van der Waals surface area contributed by atoms with Crippen LogP contribution < -0.4 is 5.32 Å². The quantitative estimate of drug-likeness (QED) is 0.632. The van der Waals surface area contributed by atoms with Crippen LogP contribution in [0.5, 0.6) is 0 Å². The highest BCUT2D eigenvalue weighted by Crippen LogP contribution is 2.24. The predicted molar refractivity (Wildman–Crippen MR) is 79.5 cm³/mol. The molecule has 2 aromatic carbocycles.